The number of nitrogens with one attached hydrogen (secondary N) is 1. The maximum Gasteiger partial charge on any atom is 0.278 e. The predicted octanol–water partition coefficient (Wildman–Crippen LogP) is 3.33. The number of hydrazone groups is 1. The van der Waals surface area contributed by atoms with Crippen molar-refractivity contribution in [2.24, 2.45) is 21.8 Å². The van der Waals surface area contributed by atoms with Crippen LogP contribution in [0.15, 0.2) is 35.6 Å². The van der Waals surface area contributed by atoms with Gasteiger partial charge in [0.2, 0.25) is 5.88 Å². The molecule has 1 N–H and O–H groups in total. The number of carbonyl (C=O) groups excluding carboxylic acids is 1. The summed E-state index contributed by atoms with van der Waals surface area (Å²) in [5, 5.41) is 14.1. The largest absolute Gasteiger partial charge is 0.466 e. The maximum atomic E-state index is 12.2. The van der Waals surface area contributed by atoms with Crippen LogP contribution < -0.4 is 10.2 Å². The molecule has 2 unspecified atom stereocenters. The van der Waals surface area contributed by atoms with Crippen LogP contribution in [-0.4, -0.2) is 28.4 Å². The zero-order valence-corrected chi connectivity index (χ0v) is 15.5. The molecule has 2 bridgehead atoms. The minimum Gasteiger partial charge on any atom is -0.466 e. The van der Waals surface area contributed by atoms with Crippen molar-refractivity contribution < 1.29 is 9.53 Å². The third-order valence-corrected chi connectivity index (χ3v) is 6.70. The van der Waals surface area contributed by atoms with Gasteiger partial charge in [0.1, 0.15) is 0 Å². The Labute approximate surface area is 153 Å². The summed E-state index contributed by atoms with van der Waals surface area (Å²) in [6.07, 6.45) is 5.03. The minimum absolute atomic E-state index is 0.0763. The molecule has 2 aliphatic rings. The van der Waals surface area contributed by atoms with Crippen molar-refractivity contribution >= 4 is 22.4 Å². The number of hydrogen-bond donors (Lipinski definition) is 1. The summed E-state index contributed by atoms with van der Waals surface area (Å²) in [5.41, 5.74) is 4.09. The van der Waals surface area contributed by atoms with Crippen molar-refractivity contribution in [3.05, 3.63) is 30.5 Å². The normalized spacial score (nSPS) is 27.8. The number of hydrogen-bond acceptors (Lipinski definition) is 5. The van der Waals surface area contributed by atoms with Gasteiger partial charge in [-0.3, -0.25) is 4.79 Å². The summed E-state index contributed by atoms with van der Waals surface area (Å²) in [4.78, 5) is 12.2. The first-order chi connectivity index (χ1) is 12.4. The lowest BCUT2D eigenvalue weighted by molar-refractivity contribution is -0.123. The zero-order valence-electron chi connectivity index (χ0n) is 15.5. The smallest absolute Gasteiger partial charge is 0.278 e. The van der Waals surface area contributed by atoms with Crippen molar-refractivity contribution in [3.63, 3.8) is 0 Å². The number of rotatable bonds is 4. The van der Waals surface area contributed by atoms with E-state index in [2.05, 4.69) is 41.5 Å². The van der Waals surface area contributed by atoms with Gasteiger partial charge in [-0.25, -0.2) is 5.43 Å². The number of aromatic nitrogens is 2. The van der Waals surface area contributed by atoms with E-state index >= 15 is 0 Å². The fraction of sp³-hybridized carbons (Fsp3) is 0.500. The van der Waals surface area contributed by atoms with Gasteiger partial charge < -0.3 is 4.74 Å². The third-order valence-electron chi connectivity index (χ3n) is 6.70. The van der Waals surface area contributed by atoms with Crippen molar-refractivity contribution in [2.75, 3.05) is 6.61 Å². The van der Waals surface area contributed by atoms with E-state index in [-0.39, 0.29) is 23.3 Å². The average molecular weight is 352 g/mol. The highest BCUT2D eigenvalue weighted by molar-refractivity contribution is 5.95. The molecular weight excluding hydrogens is 328 g/mol. The molecule has 2 aliphatic carbocycles. The van der Waals surface area contributed by atoms with Crippen molar-refractivity contribution in [2.45, 2.75) is 40.0 Å². The van der Waals surface area contributed by atoms with E-state index in [0.717, 1.165) is 29.3 Å². The highest BCUT2D eigenvalue weighted by Crippen LogP contribution is 2.63. The van der Waals surface area contributed by atoms with Crippen LogP contribution in [0.1, 0.15) is 40.0 Å². The second-order valence-corrected chi connectivity index (χ2v) is 8.11. The van der Waals surface area contributed by atoms with Crippen LogP contribution in [0.3, 0.4) is 0 Å². The van der Waals surface area contributed by atoms with Crippen LogP contribution in [0, 0.1) is 16.7 Å². The first kappa shape index (κ1) is 16.9. The monoisotopic (exact) mass is 352 g/mol. The molecule has 136 valence electrons. The van der Waals surface area contributed by atoms with E-state index in [9.17, 15) is 4.79 Å². The first-order valence-electron chi connectivity index (χ1n) is 9.11. The van der Waals surface area contributed by atoms with Gasteiger partial charge in [-0.1, -0.05) is 39.0 Å². The number of ether oxygens (including phenoxy) is 1. The Hall–Kier alpha value is -2.50. The molecule has 6 nitrogen and oxygen atoms in total. The number of amides is 1. The summed E-state index contributed by atoms with van der Waals surface area (Å²) in [7, 11) is 0. The van der Waals surface area contributed by atoms with Gasteiger partial charge in [-0.2, -0.15) is 10.2 Å². The summed E-state index contributed by atoms with van der Waals surface area (Å²) >= 11 is 0. The molecule has 0 saturated heterocycles. The third kappa shape index (κ3) is 2.55. The fourth-order valence-corrected chi connectivity index (χ4v) is 4.50. The number of fused-ring (bicyclic) bond motifs is 3. The molecule has 2 atom stereocenters. The molecular formula is C20H24N4O2. The Balaban J connectivity index is 1.41. The standard InChI is InChI=1S/C20H24N4O2/c1-19(2)14-8-9-20(19,3)16(10-14)22-23-17(25)12-26-18-15-7-5-4-6-13(15)11-21-24-18/h4-7,11,14H,8-10,12H2,1-3H3,(H,23,25)/b22-16+. The van der Waals surface area contributed by atoms with E-state index in [1.165, 1.54) is 6.42 Å². The highest BCUT2D eigenvalue weighted by Gasteiger charge is 2.59. The van der Waals surface area contributed by atoms with E-state index < -0.39 is 0 Å². The van der Waals surface area contributed by atoms with Gasteiger partial charge in [0.05, 0.1) is 6.20 Å². The van der Waals surface area contributed by atoms with E-state index in [1.54, 1.807) is 6.20 Å². The Morgan fingerprint density at radius 1 is 1.35 bits per heavy atom. The van der Waals surface area contributed by atoms with E-state index in [1.807, 2.05) is 24.3 Å². The van der Waals surface area contributed by atoms with Gasteiger partial charge in [-0.15, -0.1) is 5.10 Å². The molecule has 0 aliphatic heterocycles. The summed E-state index contributed by atoms with van der Waals surface area (Å²) in [5.74, 6) is 0.737. The summed E-state index contributed by atoms with van der Waals surface area (Å²) < 4.78 is 5.57. The molecule has 2 aromatic rings. The van der Waals surface area contributed by atoms with Gasteiger partial charge >= 0.3 is 0 Å². The number of nitrogens with zero attached hydrogens (tertiary/aromatic N) is 3. The second-order valence-electron chi connectivity index (χ2n) is 8.11. The fourth-order valence-electron chi connectivity index (χ4n) is 4.50. The Bertz CT molecular complexity index is 887. The van der Waals surface area contributed by atoms with Crippen LogP contribution in [0.4, 0.5) is 0 Å². The number of benzene rings is 1. The molecule has 6 heteroatoms. The minimum atomic E-state index is -0.281. The van der Waals surface area contributed by atoms with Gasteiger partial charge in [-0.05, 0) is 36.7 Å². The van der Waals surface area contributed by atoms with Crippen molar-refractivity contribution in [1.82, 2.24) is 15.6 Å². The molecule has 4 rings (SSSR count). The van der Waals surface area contributed by atoms with Gasteiger partial charge in [0, 0.05) is 21.9 Å². The molecule has 2 saturated carbocycles. The van der Waals surface area contributed by atoms with Crippen LogP contribution >= 0.6 is 0 Å². The highest BCUT2D eigenvalue weighted by atomic mass is 16.5. The Morgan fingerprint density at radius 2 is 2.15 bits per heavy atom. The Kier molecular flexibility index (Phi) is 3.93. The van der Waals surface area contributed by atoms with Crippen molar-refractivity contribution in [3.8, 4) is 5.88 Å². The van der Waals surface area contributed by atoms with E-state index in [4.69, 9.17) is 4.74 Å². The summed E-state index contributed by atoms with van der Waals surface area (Å²) in [6, 6.07) is 7.66. The molecule has 2 fully saturated rings. The lowest BCUT2D eigenvalue weighted by Crippen LogP contribution is -2.35. The van der Waals surface area contributed by atoms with E-state index in [0.29, 0.717) is 11.8 Å². The molecule has 26 heavy (non-hydrogen) atoms. The average Bonchev–Trinajstić information content (AvgIpc) is 2.98. The SMILES string of the molecule is CC12CCC(C/C1=N\NC(=O)COc1nncc3ccccc13)C2(C)C. The first-order valence-corrected chi connectivity index (χ1v) is 9.11. The number of carbonyl (C=O) groups is 1. The lowest BCUT2D eigenvalue weighted by Gasteiger charge is -2.34. The predicted molar refractivity (Wildman–Crippen MR) is 99.8 cm³/mol. The van der Waals surface area contributed by atoms with Crippen molar-refractivity contribution in [1.29, 1.82) is 0 Å². The van der Waals surface area contributed by atoms with Gasteiger partial charge in [0.15, 0.2) is 6.61 Å². The van der Waals surface area contributed by atoms with Crippen LogP contribution in [0.2, 0.25) is 0 Å². The van der Waals surface area contributed by atoms with Gasteiger partial charge in [0.25, 0.3) is 5.91 Å². The maximum absolute atomic E-state index is 12.2. The molecule has 1 aromatic carbocycles. The molecule has 0 spiro atoms. The van der Waals surface area contributed by atoms with Crippen LogP contribution in [0.5, 0.6) is 5.88 Å². The summed E-state index contributed by atoms with van der Waals surface area (Å²) in [6.45, 7) is 6.77. The van der Waals surface area contributed by atoms with Crippen LogP contribution in [0.25, 0.3) is 10.8 Å². The molecule has 1 amide bonds. The van der Waals surface area contributed by atoms with Crippen LogP contribution in [-0.2, 0) is 4.79 Å². The molecule has 1 aromatic heterocycles. The quantitative estimate of drug-likeness (QED) is 0.856. The Morgan fingerprint density at radius 3 is 2.88 bits per heavy atom. The zero-order chi connectivity index (χ0) is 18.4. The molecule has 1 heterocycles. The topological polar surface area (TPSA) is 76.5 Å². The molecule has 0 radical (unpaired) electrons. The second kappa shape index (κ2) is 6.04. The lowest BCUT2D eigenvalue weighted by atomic mass is 9.70.